The van der Waals surface area contributed by atoms with Crippen LogP contribution in [0.25, 0.3) is 15.8 Å². The molecule has 0 aliphatic carbocycles. The summed E-state index contributed by atoms with van der Waals surface area (Å²) >= 11 is 0. The van der Waals surface area contributed by atoms with Gasteiger partial charge in [-0.25, -0.2) is 0 Å². The molecule has 0 aliphatic rings. The van der Waals surface area contributed by atoms with E-state index >= 15 is 0 Å². The average Bonchev–Trinajstić information content (AvgIpc) is 3.16. The van der Waals surface area contributed by atoms with Crippen molar-refractivity contribution in [3.8, 4) is 0 Å². The molecule has 0 unspecified atom stereocenters. The first-order chi connectivity index (χ1) is 26.0. The van der Waals surface area contributed by atoms with Crippen LogP contribution in [0.3, 0.4) is 0 Å². The lowest BCUT2D eigenvalue weighted by Gasteiger charge is -2.23. The third-order valence-corrected chi connectivity index (χ3v) is 9.94. The van der Waals surface area contributed by atoms with Crippen LogP contribution in [-0.4, -0.2) is 38.2 Å². The maximum absolute atomic E-state index is 12.8. The van der Waals surface area contributed by atoms with Gasteiger partial charge in [-0.15, -0.1) is 0 Å². The highest BCUT2D eigenvalue weighted by atomic mass is 16.5. The van der Waals surface area contributed by atoms with Crippen LogP contribution in [0.2, 0.25) is 0 Å². The van der Waals surface area contributed by atoms with Crippen molar-refractivity contribution < 1.29 is 19.1 Å². The maximum atomic E-state index is 12.8. The van der Waals surface area contributed by atoms with E-state index < -0.39 is 0 Å². The van der Waals surface area contributed by atoms with Crippen molar-refractivity contribution in [3.63, 3.8) is 0 Å². The summed E-state index contributed by atoms with van der Waals surface area (Å²) in [4.78, 5) is 33.8. The summed E-state index contributed by atoms with van der Waals surface area (Å²) in [6, 6.07) is 7.13. The Labute approximate surface area is 325 Å². The normalized spacial score (nSPS) is 10.7. The van der Waals surface area contributed by atoms with Gasteiger partial charge in [-0.05, 0) is 30.5 Å². The summed E-state index contributed by atoms with van der Waals surface area (Å²) in [5.74, 6) is -0.757. The second-order valence-corrected chi connectivity index (χ2v) is 14.8. The van der Waals surface area contributed by atoms with Crippen LogP contribution in [0, 0.1) is 13.1 Å². The Morgan fingerprint density at radius 2 is 0.811 bits per heavy atom. The highest BCUT2D eigenvalue weighted by Crippen LogP contribution is 2.19. The molecule has 0 spiro atoms. The van der Waals surface area contributed by atoms with E-state index in [0.717, 1.165) is 38.5 Å². The minimum absolute atomic E-state index is 0.0197. The zero-order chi connectivity index (χ0) is 38.5. The standard InChI is InChI=1S/C46H75N3O4/c1-5-7-9-11-13-15-17-19-21-23-25-27-29-31-37-52-45(50)40-49(43-35-33-42(34-36-43)39-44(47-3)48-4)41-46(51)53-38-32-30-28-26-24-22-20-18-16-14-12-10-8-6-2/h33-36,39H,5-32,37-38,40-41H2,1-2H3. The van der Waals surface area contributed by atoms with Crippen LogP contribution >= 0.6 is 0 Å². The predicted octanol–water partition coefficient (Wildman–Crippen LogP) is 13.7. The fourth-order valence-corrected chi connectivity index (χ4v) is 6.63. The number of benzene rings is 1. The lowest BCUT2D eigenvalue weighted by atomic mass is 10.0. The molecule has 0 saturated carbocycles. The van der Waals surface area contributed by atoms with Crippen molar-refractivity contribution >= 4 is 23.7 Å². The van der Waals surface area contributed by atoms with E-state index in [4.69, 9.17) is 22.6 Å². The predicted molar refractivity (Wildman–Crippen MR) is 222 cm³/mol. The van der Waals surface area contributed by atoms with Gasteiger partial charge in [-0.3, -0.25) is 9.59 Å². The Morgan fingerprint density at radius 1 is 0.509 bits per heavy atom. The minimum atomic E-state index is -0.369. The summed E-state index contributed by atoms with van der Waals surface area (Å²) in [5, 5.41) is 0. The molecule has 1 aromatic carbocycles. The SMILES string of the molecule is [C-]#[N+]C(=Cc1ccc(N(CC(=O)OCCCCCCCCCCCCCCCC)CC(=O)OCCCCCCCCCCCCCCCC)cc1)[N+]#[C-]. The molecule has 0 N–H and O–H groups in total. The maximum Gasteiger partial charge on any atom is 0.519 e. The van der Waals surface area contributed by atoms with Gasteiger partial charge in [0.05, 0.1) is 13.2 Å². The summed E-state index contributed by atoms with van der Waals surface area (Å²) in [6.45, 7) is 19.4. The number of nitrogens with zero attached hydrogens (tertiary/aromatic N) is 3. The number of rotatable bonds is 36. The van der Waals surface area contributed by atoms with E-state index in [2.05, 4.69) is 23.5 Å². The van der Waals surface area contributed by atoms with E-state index in [0.29, 0.717) is 24.5 Å². The van der Waals surface area contributed by atoms with Gasteiger partial charge in [0.15, 0.2) is 0 Å². The van der Waals surface area contributed by atoms with E-state index in [1.807, 2.05) is 0 Å². The van der Waals surface area contributed by atoms with Crippen LogP contribution in [0.4, 0.5) is 5.69 Å². The molecule has 7 heteroatoms. The third-order valence-electron chi connectivity index (χ3n) is 9.94. The molecule has 0 saturated heterocycles. The van der Waals surface area contributed by atoms with Crippen molar-refractivity contribution in [2.24, 2.45) is 0 Å². The zero-order valence-electron chi connectivity index (χ0n) is 34.0. The van der Waals surface area contributed by atoms with Crippen molar-refractivity contribution in [2.75, 3.05) is 31.2 Å². The molecule has 0 atom stereocenters. The first-order valence-electron chi connectivity index (χ1n) is 21.7. The van der Waals surface area contributed by atoms with Crippen LogP contribution in [0.5, 0.6) is 0 Å². The smallest absolute Gasteiger partial charge is 0.464 e. The molecule has 0 aromatic heterocycles. The van der Waals surface area contributed by atoms with Gasteiger partial charge in [-0.2, -0.15) is 9.69 Å². The van der Waals surface area contributed by atoms with Crippen molar-refractivity contribution in [2.45, 2.75) is 194 Å². The molecule has 53 heavy (non-hydrogen) atoms. The van der Waals surface area contributed by atoms with Gasteiger partial charge >= 0.3 is 17.8 Å². The third kappa shape index (κ3) is 28.8. The summed E-state index contributed by atoms with van der Waals surface area (Å²) in [7, 11) is 0. The first kappa shape index (κ1) is 47.7. The monoisotopic (exact) mass is 734 g/mol. The second-order valence-electron chi connectivity index (χ2n) is 14.8. The molecule has 0 fully saturated rings. The van der Waals surface area contributed by atoms with Crippen LogP contribution in [0.15, 0.2) is 30.1 Å². The number of hydrogen-bond acceptors (Lipinski definition) is 5. The van der Waals surface area contributed by atoms with Gasteiger partial charge in [0.1, 0.15) is 26.2 Å². The van der Waals surface area contributed by atoms with E-state index in [1.54, 1.807) is 29.2 Å². The number of carbonyl (C=O) groups is 2. The Morgan fingerprint density at radius 3 is 1.11 bits per heavy atom. The summed E-state index contributed by atoms with van der Waals surface area (Å²) in [5.41, 5.74) is 1.38. The van der Waals surface area contributed by atoms with Crippen molar-refractivity contribution in [3.05, 3.63) is 58.5 Å². The number of hydrogen-bond donors (Lipinski definition) is 0. The van der Waals surface area contributed by atoms with Gasteiger partial charge in [0, 0.05) is 11.8 Å². The van der Waals surface area contributed by atoms with Crippen LogP contribution < -0.4 is 4.90 Å². The molecular formula is C46H75N3O4. The average molecular weight is 734 g/mol. The fraction of sp³-hybridized carbons (Fsp3) is 0.739. The minimum Gasteiger partial charge on any atom is -0.464 e. The molecule has 1 rings (SSSR count). The number of ether oxygens (including phenoxy) is 2. The van der Waals surface area contributed by atoms with Gasteiger partial charge < -0.3 is 14.4 Å². The lowest BCUT2D eigenvalue weighted by Crippen LogP contribution is -2.36. The van der Waals surface area contributed by atoms with Crippen molar-refractivity contribution in [1.29, 1.82) is 0 Å². The van der Waals surface area contributed by atoms with E-state index in [-0.39, 0.29) is 30.8 Å². The number of carbonyl (C=O) groups excluding carboxylic acids is 2. The molecule has 7 nitrogen and oxygen atoms in total. The molecule has 0 heterocycles. The molecule has 0 bridgehead atoms. The fourth-order valence-electron chi connectivity index (χ4n) is 6.63. The lowest BCUT2D eigenvalue weighted by molar-refractivity contribution is -0.143. The van der Waals surface area contributed by atoms with Crippen LogP contribution in [0.1, 0.15) is 199 Å². The molecule has 1 aromatic rings. The Hall–Kier alpha value is -3.32. The van der Waals surface area contributed by atoms with Crippen LogP contribution in [-0.2, 0) is 19.1 Å². The molecule has 0 radical (unpaired) electrons. The molecule has 298 valence electrons. The van der Waals surface area contributed by atoms with Gasteiger partial charge in [-0.1, -0.05) is 193 Å². The zero-order valence-corrected chi connectivity index (χ0v) is 34.0. The van der Waals surface area contributed by atoms with Gasteiger partial charge in [0.25, 0.3) is 0 Å². The highest BCUT2D eigenvalue weighted by Gasteiger charge is 2.18. The largest absolute Gasteiger partial charge is 0.519 e. The van der Waals surface area contributed by atoms with Crippen molar-refractivity contribution in [1.82, 2.24) is 0 Å². The van der Waals surface area contributed by atoms with Gasteiger partial charge in [0.2, 0.25) is 0 Å². The Balaban J connectivity index is 2.35. The summed E-state index contributed by atoms with van der Waals surface area (Å²) in [6.07, 6.45) is 37.2. The number of unbranched alkanes of at least 4 members (excludes halogenated alkanes) is 26. The molecule has 0 amide bonds. The first-order valence-corrected chi connectivity index (χ1v) is 21.7. The Bertz CT molecular complexity index is 1090. The number of esters is 2. The van der Waals surface area contributed by atoms with E-state index in [9.17, 15) is 9.59 Å². The quantitative estimate of drug-likeness (QED) is 0.0390. The van der Waals surface area contributed by atoms with E-state index in [1.165, 1.54) is 147 Å². The molecular weight excluding hydrogens is 659 g/mol. The topological polar surface area (TPSA) is 64.6 Å². The highest BCUT2D eigenvalue weighted by molar-refractivity contribution is 5.81. The second kappa shape index (κ2) is 35.7. The Kier molecular flexibility index (Phi) is 32.1. The summed E-state index contributed by atoms with van der Waals surface area (Å²) < 4.78 is 11.1. The molecule has 0 aliphatic heterocycles. The number of anilines is 1.